The first-order valence-corrected chi connectivity index (χ1v) is 6.79. The Morgan fingerprint density at radius 3 is 2.64 bits per heavy atom. The van der Waals surface area contributed by atoms with Gasteiger partial charge in [-0.2, -0.15) is 13.8 Å². The Morgan fingerprint density at radius 2 is 2.00 bits per heavy atom. The number of benzene rings is 1. The lowest BCUT2D eigenvalue weighted by Crippen LogP contribution is -2.24. The molecule has 1 N–H and O–H groups in total. The highest BCUT2D eigenvalue weighted by atomic mass is 19.3. The van der Waals surface area contributed by atoms with Crippen LogP contribution in [0.3, 0.4) is 0 Å². The van der Waals surface area contributed by atoms with Gasteiger partial charge in [0.1, 0.15) is 5.75 Å². The van der Waals surface area contributed by atoms with Crippen LogP contribution in [0, 0.1) is 0 Å². The van der Waals surface area contributed by atoms with Crippen molar-refractivity contribution >= 4 is 12.2 Å². The monoisotopic (exact) mass is 309 g/mol. The summed E-state index contributed by atoms with van der Waals surface area (Å²) >= 11 is 0. The summed E-state index contributed by atoms with van der Waals surface area (Å²) in [6.45, 7) is -0.798. The lowest BCUT2D eigenvalue weighted by atomic mass is 10.2. The summed E-state index contributed by atoms with van der Waals surface area (Å²) in [6, 6.07) is 6.53. The van der Waals surface area contributed by atoms with Gasteiger partial charge in [0.15, 0.2) is 5.82 Å². The van der Waals surface area contributed by atoms with E-state index < -0.39 is 6.61 Å². The standard InChI is InChI=1S/C15H17F2N3O2/c1-10(18-2)9-13-19-14(22-20-13)8-5-11-3-6-12(7-4-11)21-15(16)17/h3-8,10,15,18H,9H2,1-2H3/b8-5+. The van der Waals surface area contributed by atoms with Crippen molar-refractivity contribution < 1.29 is 18.0 Å². The molecule has 1 aromatic carbocycles. The molecule has 1 heterocycles. The van der Waals surface area contributed by atoms with Crippen LogP contribution in [0.2, 0.25) is 0 Å². The molecule has 0 amide bonds. The molecule has 1 unspecified atom stereocenters. The molecular weight excluding hydrogens is 292 g/mol. The molecule has 0 aliphatic rings. The summed E-state index contributed by atoms with van der Waals surface area (Å²) in [5.41, 5.74) is 0.810. The zero-order valence-electron chi connectivity index (χ0n) is 12.3. The van der Waals surface area contributed by atoms with Gasteiger partial charge in [0.25, 0.3) is 5.89 Å². The molecule has 7 heteroatoms. The second kappa shape index (κ2) is 7.65. The lowest BCUT2D eigenvalue weighted by Gasteiger charge is -2.04. The maximum absolute atomic E-state index is 12.0. The number of hydrogen-bond acceptors (Lipinski definition) is 5. The van der Waals surface area contributed by atoms with Crippen molar-refractivity contribution in [3.8, 4) is 5.75 Å². The fourth-order valence-electron chi connectivity index (χ4n) is 1.72. The Balaban J connectivity index is 1.96. The highest BCUT2D eigenvalue weighted by Crippen LogP contribution is 2.16. The lowest BCUT2D eigenvalue weighted by molar-refractivity contribution is -0.0498. The quantitative estimate of drug-likeness (QED) is 0.852. The fourth-order valence-corrected chi connectivity index (χ4v) is 1.72. The second-order valence-corrected chi connectivity index (χ2v) is 4.72. The normalized spacial score (nSPS) is 13.0. The average Bonchev–Trinajstić information content (AvgIpc) is 2.93. The van der Waals surface area contributed by atoms with Gasteiger partial charge in [-0.25, -0.2) is 0 Å². The largest absolute Gasteiger partial charge is 0.435 e. The van der Waals surface area contributed by atoms with Gasteiger partial charge in [-0.05, 0) is 37.7 Å². The van der Waals surface area contributed by atoms with Crippen molar-refractivity contribution in [3.63, 3.8) is 0 Å². The van der Waals surface area contributed by atoms with E-state index in [1.54, 1.807) is 24.3 Å². The Hall–Kier alpha value is -2.28. The minimum absolute atomic E-state index is 0.119. The van der Waals surface area contributed by atoms with Crippen molar-refractivity contribution in [1.29, 1.82) is 0 Å². The van der Waals surface area contributed by atoms with Crippen LogP contribution in [0.1, 0.15) is 24.2 Å². The number of nitrogens with zero attached hydrogens (tertiary/aromatic N) is 2. The predicted molar refractivity (Wildman–Crippen MR) is 78.5 cm³/mol. The Bertz CT molecular complexity index is 612. The number of nitrogens with one attached hydrogen (secondary N) is 1. The third kappa shape index (κ3) is 4.92. The van der Waals surface area contributed by atoms with E-state index in [4.69, 9.17) is 4.52 Å². The van der Waals surface area contributed by atoms with E-state index in [1.807, 2.05) is 14.0 Å². The third-order valence-electron chi connectivity index (χ3n) is 2.99. The molecule has 0 bridgehead atoms. The Labute approximate surface area is 127 Å². The summed E-state index contributed by atoms with van der Waals surface area (Å²) in [4.78, 5) is 4.24. The van der Waals surface area contributed by atoms with Crippen molar-refractivity contribution in [2.75, 3.05) is 7.05 Å². The maximum Gasteiger partial charge on any atom is 0.387 e. The number of likely N-dealkylation sites (N-methyl/N-ethyl adjacent to an activating group) is 1. The van der Waals surface area contributed by atoms with Gasteiger partial charge < -0.3 is 14.6 Å². The van der Waals surface area contributed by atoms with Gasteiger partial charge in [0, 0.05) is 18.5 Å². The van der Waals surface area contributed by atoms with Crippen LogP contribution < -0.4 is 10.1 Å². The zero-order valence-corrected chi connectivity index (χ0v) is 12.3. The average molecular weight is 309 g/mol. The molecule has 0 saturated heterocycles. The van der Waals surface area contributed by atoms with E-state index in [-0.39, 0.29) is 11.8 Å². The van der Waals surface area contributed by atoms with Gasteiger partial charge >= 0.3 is 6.61 Å². The molecule has 118 valence electrons. The molecule has 2 aromatic rings. The van der Waals surface area contributed by atoms with Crippen LogP contribution >= 0.6 is 0 Å². The van der Waals surface area contributed by atoms with Crippen LogP contribution in [0.25, 0.3) is 12.2 Å². The molecule has 5 nitrogen and oxygen atoms in total. The number of rotatable bonds is 7. The van der Waals surface area contributed by atoms with Gasteiger partial charge in [-0.15, -0.1) is 0 Å². The van der Waals surface area contributed by atoms with Crippen molar-refractivity contribution in [1.82, 2.24) is 15.5 Å². The van der Waals surface area contributed by atoms with E-state index in [9.17, 15) is 8.78 Å². The number of halogens is 2. The highest BCUT2D eigenvalue weighted by molar-refractivity contribution is 5.66. The van der Waals surface area contributed by atoms with Crippen LogP contribution in [0.15, 0.2) is 28.8 Å². The first-order valence-electron chi connectivity index (χ1n) is 6.79. The fraction of sp³-hybridized carbons (Fsp3) is 0.333. The van der Waals surface area contributed by atoms with Crippen molar-refractivity contribution in [2.24, 2.45) is 0 Å². The summed E-state index contributed by atoms with van der Waals surface area (Å²) < 4.78 is 33.5. The summed E-state index contributed by atoms with van der Waals surface area (Å²) in [5.74, 6) is 1.14. The Kier molecular flexibility index (Phi) is 5.60. The second-order valence-electron chi connectivity index (χ2n) is 4.72. The summed E-state index contributed by atoms with van der Waals surface area (Å²) in [7, 11) is 1.87. The molecule has 0 aliphatic carbocycles. The highest BCUT2D eigenvalue weighted by Gasteiger charge is 2.07. The summed E-state index contributed by atoms with van der Waals surface area (Å²) in [5, 5.41) is 6.98. The van der Waals surface area contributed by atoms with Gasteiger partial charge in [-0.3, -0.25) is 0 Å². The van der Waals surface area contributed by atoms with Crippen LogP contribution in [-0.2, 0) is 6.42 Å². The van der Waals surface area contributed by atoms with Crippen LogP contribution in [0.4, 0.5) is 8.78 Å². The first-order chi connectivity index (χ1) is 10.6. The van der Waals surface area contributed by atoms with Gasteiger partial charge in [0.05, 0.1) is 0 Å². The number of alkyl halides is 2. The molecule has 22 heavy (non-hydrogen) atoms. The van der Waals surface area contributed by atoms with Crippen molar-refractivity contribution in [2.45, 2.75) is 26.0 Å². The van der Waals surface area contributed by atoms with E-state index in [0.717, 1.165) is 5.56 Å². The van der Waals surface area contributed by atoms with Crippen molar-refractivity contribution in [3.05, 3.63) is 41.5 Å². The van der Waals surface area contributed by atoms with E-state index in [2.05, 4.69) is 20.2 Å². The third-order valence-corrected chi connectivity index (χ3v) is 2.99. The Morgan fingerprint density at radius 1 is 1.27 bits per heavy atom. The van der Waals surface area contributed by atoms with E-state index >= 15 is 0 Å². The maximum atomic E-state index is 12.0. The summed E-state index contributed by atoms with van der Waals surface area (Å²) in [6.07, 6.45) is 4.10. The first kappa shape index (κ1) is 16.1. The molecule has 1 atom stereocenters. The molecule has 0 saturated carbocycles. The zero-order chi connectivity index (χ0) is 15.9. The van der Waals surface area contributed by atoms with Gasteiger partial charge in [-0.1, -0.05) is 17.3 Å². The van der Waals surface area contributed by atoms with Crippen LogP contribution in [0.5, 0.6) is 5.75 Å². The molecule has 0 spiro atoms. The molecule has 2 rings (SSSR count). The number of hydrogen-bond donors (Lipinski definition) is 1. The molecule has 1 aromatic heterocycles. The van der Waals surface area contributed by atoms with E-state index in [0.29, 0.717) is 18.1 Å². The van der Waals surface area contributed by atoms with Crippen LogP contribution in [-0.4, -0.2) is 29.8 Å². The number of ether oxygens (including phenoxy) is 1. The minimum Gasteiger partial charge on any atom is -0.435 e. The smallest absolute Gasteiger partial charge is 0.387 e. The minimum atomic E-state index is -2.82. The molecular formula is C15H17F2N3O2. The predicted octanol–water partition coefficient (Wildman–Crippen LogP) is 2.99. The van der Waals surface area contributed by atoms with Gasteiger partial charge in [0.2, 0.25) is 0 Å². The number of aromatic nitrogens is 2. The molecule has 0 fully saturated rings. The molecule has 0 radical (unpaired) electrons. The molecule has 0 aliphatic heterocycles. The van der Waals surface area contributed by atoms with E-state index in [1.165, 1.54) is 12.1 Å². The SMILES string of the molecule is CNC(C)Cc1noc(/C=C/c2ccc(OC(F)F)cc2)n1. The topological polar surface area (TPSA) is 60.2 Å².